The van der Waals surface area contributed by atoms with E-state index in [-0.39, 0.29) is 17.6 Å². The van der Waals surface area contributed by atoms with Crippen LogP contribution in [0.5, 0.6) is 0 Å². The molecule has 1 atom stereocenters. The van der Waals surface area contributed by atoms with Gasteiger partial charge < -0.3 is 14.5 Å². The zero-order valence-corrected chi connectivity index (χ0v) is 18.0. The Morgan fingerprint density at radius 3 is 2.38 bits per heavy atom. The number of ether oxygens (including phenoxy) is 1. The van der Waals surface area contributed by atoms with Crippen LogP contribution in [0, 0.1) is 0 Å². The van der Waals surface area contributed by atoms with E-state index in [0.717, 1.165) is 6.54 Å². The summed E-state index contributed by atoms with van der Waals surface area (Å²) in [5.74, 6) is 0. The molecule has 3 aliphatic heterocycles. The molecule has 29 heavy (non-hydrogen) atoms. The van der Waals surface area contributed by atoms with Crippen molar-refractivity contribution < 1.29 is 17.9 Å². The van der Waals surface area contributed by atoms with Crippen LogP contribution in [0.15, 0.2) is 35.2 Å². The molecule has 1 aromatic carbocycles. The fourth-order valence-corrected chi connectivity index (χ4v) is 6.34. The van der Waals surface area contributed by atoms with Crippen molar-refractivity contribution in [3.63, 3.8) is 0 Å². The van der Waals surface area contributed by atoms with Gasteiger partial charge in [0.15, 0.2) is 0 Å². The maximum Gasteiger partial charge on any atom is 0.320 e. The van der Waals surface area contributed by atoms with Crippen molar-refractivity contribution >= 4 is 16.1 Å². The summed E-state index contributed by atoms with van der Waals surface area (Å²) in [4.78, 5) is 19.3. The van der Waals surface area contributed by atoms with E-state index in [1.165, 1.54) is 0 Å². The Balaban J connectivity index is 1.52. The Hall–Kier alpha value is -1.68. The summed E-state index contributed by atoms with van der Waals surface area (Å²) in [5, 5.41) is 0. The van der Waals surface area contributed by atoms with Gasteiger partial charge in [-0.05, 0) is 26.0 Å². The van der Waals surface area contributed by atoms with Crippen LogP contribution in [0.3, 0.4) is 0 Å². The standard InChI is InChI=1S/C20H30N4O4S/c1-20(2)16-23(29(26,27)18-6-4-3-5-7-18)15-17-14-22(8-9-24(17)20)19(25)21-10-12-28-13-11-21/h3-7,17H,8-16H2,1-2H3. The van der Waals surface area contributed by atoms with E-state index in [1.807, 2.05) is 15.9 Å². The Bertz CT molecular complexity index is 839. The number of piperazine rings is 2. The topological polar surface area (TPSA) is 73.4 Å². The maximum atomic E-state index is 13.2. The summed E-state index contributed by atoms with van der Waals surface area (Å²) in [5.41, 5.74) is -0.293. The van der Waals surface area contributed by atoms with Crippen LogP contribution in [0.2, 0.25) is 0 Å². The summed E-state index contributed by atoms with van der Waals surface area (Å²) in [6, 6.07) is 8.62. The smallest absolute Gasteiger partial charge is 0.320 e. The number of urea groups is 1. The molecular weight excluding hydrogens is 392 g/mol. The first-order valence-electron chi connectivity index (χ1n) is 10.2. The highest BCUT2D eigenvalue weighted by Crippen LogP contribution is 2.31. The highest BCUT2D eigenvalue weighted by Gasteiger charge is 2.46. The number of morpholine rings is 1. The summed E-state index contributed by atoms with van der Waals surface area (Å²) in [7, 11) is -3.57. The number of carbonyl (C=O) groups excluding carboxylic acids is 1. The lowest BCUT2D eigenvalue weighted by Crippen LogP contribution is -2.71. The van der Waals surface area contributed by atoms with Crippen molar-refractivity contribution in [3.8, 4) is 0 Å². The molecule has 9 heteroatoms. The molecule has 1 aromatic rings. The van der Waals surface area contributed by atoms with Crippen LogP contribution in [-0.4, -0.2) is 104 Å². The highest BCUT2D eigenvalue weighted by atomic mass is 32.2. The van der Waals surface area contributed by atoms with Crippen molar-refractivity contribution in [2.45, 2.75) is 30.3 Å². The molecule has 0 saturated carbocycles. The van der Waals surface area contributed by atoms with Gasteiger partial charge in [0, 0.05) is 57.4 Å². The zero-order valence-electron chi connectivity index (χ0n) is 17.2. The minimum atomic E-state index is -3.57. The Kier molecular flexibility index (Phi) is 5.58. The first kappa shape index (κ1) is 20.6. The minimum absolute atomic E-state index is 0.0176. The van der Waals surface area contributed by atoms with E-state index in [4.69, 9.17) is 4.74 Å². The lowest BCUT2D eigenvalue weighted by atomic mass is 9.94. The first-order valence-corrected chi connectivity index (χ1v) is 11.7. The Morgan fingerprint density at radius 1 is 1.00 bits per heavy atom. The van der Waals surface area contributed by atoms with Crippen LogP contribution in [0.1, 0.15) is 13.8 Å². The molecule has 0 radical (unpaired) electrons. The molecule has 0 aliphatic carbocycles. The van der Waals surface area contributed by atoms with Crippen molar-refractivity contribution in [2.75, 3.05) is 59.0 Å². The molecular formula is C20H30N4O4S. The van der Waals surface area contributed by atoms with Gasteiger partial charge in [0.2, 0.25) is 10.0 Å². The van der Waals surface area contributed by atoms with E-state index in [2.05, 4.69) is 18.7 Å². The number of sulfonamides is 1. The van der Waals surface area contributed by atoms with E-state index in [0.29, 0.717) is 57.4 Å². The van der Waals surface area contributed by atoms with Gasteiger partial charge in [-0.25, -0.2) is 13.2 Å². The van der Waals surface area contributed by atoms with E-state index >= 15 is 0 Å². The number of hydrogen-bond donors (Lipinski definition) is 0. The van der Waals surface area contributed by atoms with Gasteiger partial charge in [0.1, 0.15) is 0 Å². The quantitative estimate of drug-likeness (QED) is 0.708. The predicted molar refractivity (Wildman–Crippen MR) is 109 cm³/mol. The molecule has 0 aromatic heterocycles. The van der Waals surface area contributed by atoms with Gasteiger partial charge in [-0.1, -0.05) is 18.2 Å². The van der Waals surface area contributed by atoms with E-state index in [1.54, 1.807) is 28.6 Å². The largest absolute Gasteiger partial charge is 0.378 e. The van der Waals surface area contributed by atoms with Crippen molar-refractivity contribution in [2.24, 2.45) is 0 Å². The summed E-state index contributed by atoms with van der Waals surface area (Å²) < 4.78 is 33.4. The third-order valence-electron chi connectivity index (χ3n) is 6.17. The van der Waals surface area contributed by atoms with Crippen molar-refractivity contribution in [1.29, 1.82) is 0 Å². The molecule has 3 heterocycles. The number of carbonyl (C=O) groups is 1. The van der Waals surface area contributed by atoms with Crippen LogP contribution >= 0.6 is 0 Å². The number of benzene rings is 1. The average Bonchev–Trinajstić information content (AvgIpc) is 2.73. The van der Waals surface area contributed by atoms with E-state index in [9.17, 15) is 13.2 Å². The molecule has 3 aliphatic rings. The number of rotatable bonds is 2. The van der Waals surface area contributed by atoms with Crippen LogP contribution in [-0.2, 0) is 14.8 Å². The number of amides is 2. The van der Waals surface area contributed by atoms with E-state index < -0.39 is 10.0 Å². The summed E-state index contributed by atoms with van der Waals surface area (Å²) in [6.07, 6.45) is 0. The molecule has 0 bridgehead atoms. The van der Waals surface area contributed by atoms with Gasteiger partial charge in [-0.15, -0.1) is 0 Å². The second-order valence-electron chi connectivity index (χ2n) is 8.60. The molecule has 0 spiro atoms. The monoisotopic (exact) mass is 422 g/mol. The van der Waals surface area contributed by atoms with Gasteiger partial charge >= 0.3 is 6.03 Å². The molecule has 0 N–H and O–H groups in total. The van der Waals surface area contributed by atoms with Crippen molar-refractivity contribution in [1.82, 2.24) is 19.0 Å². The average molecular weight is 423 g/mol. The highest BCUT2D eigenvalue weighted by molar-refractivity contribution is 7.89. The third-order valence-corrected chi connectivity index (χ3v) is 8.00. The number of hydrogen-bond acceptors (Lipinski definition) is 5. The molecule has 3 saturated heterocycles. The maximum absolute atomic E-state index is 13.2. The number of nitrogens with zero attached hydrogens (tertiary/aromatic N) is 4. The zero-order chi connectivity index (χ0) is 20.6. The lowest BCUT2D eigenvalue weighted by molar-refractivity contribution is -0.0395. The van der Waals surface area contributed by atoms with Gasteiger partial charge in [0.05, 0.1) is 18.1 Å². The fourth-order valence-electron chi connectivity index (χ4n) is 4.68. The first-order chi connectivity index (χ1) is 13.8. The van der Waals surface area contributed by atoms with Gasteiger partial charge in [-0.2, -0.15) is 4.31 Å². The van der Waals surface area contributed by atoms with Crippen LogP contribution < -0.4 is 0 Å². The van der Waals surface area contributed by atoms with Crippen LogP contribution in [0.4, 0.5) is 4.79 Å². The second-order valence-corrected chi connectivity index (χ2v) is 10.5. The minimum Gasteiger partial charge on any atom is -0.378 e. The Morgan fingerprint density at radius 2 is 1.69 bits per heavy atom. The molecule has 3 fully saturated rings. The third kappa shape index (κ3) is 4.01. The fraction of sp³-hybridized carbons (Fsp3) is 0.650. The molecule has 4 rings (SSSR count). The summed E-state index contributed by atoms with van der Waals surface area (Å²) in [6.45, 7) is 9.36. The van der Waals surface area contributed by atoms with Gasteiger partial charge in [-0.3, -0.25) is 4.90 Å². The molecule has 160 valence electrons. The normalized spacial score (nSPS) is 26.2. The predicted octanol–water partition coefficient (Wildman–Crippen LogP) is 0.908. The molecule has 2 amide bonds. The second kappa shape index (κ2) is 7.86. The van der Waals surface area contributed by atoms with Crippen LogP contribution in [0.25, 0.3) is 0 Å². The Labute approximate surface area is 173 Å². The SMILES string of the molecule is CC1(C)CN(S(=O)(=O)c2ccccc2)CC2CN(C(=O)N3CCOCC3)CCN21. The van der Waals surface area contributed by atoms with Crippen molar-refractivity contribution in [3.05, 3.63) is 30.3 Å². The number of fused-ring (bicyclic) bond motifs is 1. The molecule has 8 nitrogen and oxygen atoms in total. The van der Waals surface area contributed by atoms with Gasteiger partial charge in [0.25, 0.3) is 0 Å². The lowest BCUT2D eigenvalue weighted by Gasteiger charge is -2.55. The summed E-state index contributed by atoms with van der Waals surface area (Å²) >= 11 is 0. The molecule has 1 unspecified atom stereocenters.